The summed E-state index contributed by atoms with van der Waals surface area (Å²) in [4.78, 5) is 0. The van der Waals surface area contributed by atoms with Gasteiger partial charge in [-0.2, -0.15) is 0 Å². The predicted octanol–water partition coefficient (Wildman–Crippen LogP) is 12.8. The van der Waals surface area contributed by atoms with E-state index in [1.807, 2.05) is 54.6 Å². The smallest absolute Gasteiger partial charge is 0.356 e. The molecule has 2 aromatic carbocycles. The van der Waals surface area contributed by atoms with Crippen molar-refractivity contribution in [1.82, 2.24) is 0 Å². The number of benzene rings is 2. The van der Waals surface area contributed by atoms with Crippen LogP contribution in [0.5, 0.6) is 0 Å². The molecule has 2 N–H and O–H groups in total. The van der Waals surface area contributed by atoms with E-state index < -0.39 is 7.75 Å². The van der Waals surface area contributed by atoms with Gasteiger partial charge in [-0.3, -0.25) is 14.1 Å². The van der Waals surface area contributed by atoms with Crippen molar-refractivity contribution < 1.29 is 13.6 Å². The van der Waals surface area contributed by atoms with Gasteiger partial charge in [0.25, 0.3) is 0 Å². The van der Waals surface area contributed by atoms with E-state index in [9.17, 15) is 4.57 Å². The van der Waals surface area contributed by atoms with Gasteiger partial charge in [-0.15, -0.1) is 0 Å². The van der Waals surface area contributed by atoms with Gasteiger partial charge in [0.15, 0.2) is 0 Å². The van der Waals surface area contributed by atoms with Gasteiger partial charge in [0.2, 0.25) is 0 Å². The van der Waals surface area contributed by atoms with Crippen LogP contribution in [0.1, 0.15) is 142 Å². The van der Waals surface area contributed by atoms with E-state index in [1.54, 1.807) is 0 Å². The minimum atomic E-state index is -3.45. The normalized spacial score (nSPS) is 11.6. The van der Waals surface area contributed by atoms with Crippen LogP contribution in [-0.2, 0) is 13.6 Å². The molecule has 238 valence electrons. The Kier molecular flexibility index (Phi) is 21.3. The Bertz CT molecular complexity index is 893. The SMILES string of the molecule is CCCCCCCCCCCCOP(=O)(Nc1ccc(Nc2ccccc2)cc1)OCCCCCCCCCCCC. The van der Waals surface area contributed by atoms with Crippen LogP contribution >= 0.6 is 7.75 Å². The Balaban J connectivity index is 1.73. The van der Waals surface area contributed by atoms with Crippen LogP contribution < -0.4 is 10.4 Å². The standard InChI is InChI=1S/C36H61N2O3P/c1-3-5-7-9-11-13-15-17-19-24-32-40-42(39,41-33-25-20-18-16-14-12-10-8-6-4-2)38-36-30-28-35(29-31-36)37-34-26-22-21-23-27-34/h21-23,26-31,37H,3-20,24-25,32-33H2,1-2H3,(H,38,39). The van der Waals surface area contributed by atoms with E-state index in [2.05, 4.69) is 24.3 Å². The van der Waals surface area contributed by atoms with Crippen LogP contribution in [0.15, 0.2) is 54.6 Å². The molecule has 0 aromatic heterocycles. The number of hydrogen-bond donors (Lipinski definition) is 2. The maximum Gasteiger partial charge on any atom is 0.432 e. The molecule has 0 unspecified atom stereocenters. The summed E-state index contributed by atoms with van der Waals surface area (Å²) in [7, 11) is -3.45. The first kappa shape index (κ1) is 36.4. The van der Waals surface area contributed by atoms with Crippen LogP contribution in [0.3, 0.4) is 0 Å². The molecule has 0 spiro atoms. The molecule has 0 bridgehead atoms. The van der Waals surface area contributed by atoms with E-state index in [-0.39, 0.29) is 0 Å². The molecule has 0 heterocycles. The van der Waals surface area contributed by atoms with E-state index in [1.165, 1.54) is 103 Å². The van der Waals surface area contributed by atoms with Crippen LogP contribution in [0.2, 0.25) is 0 Å². The number of hydrogen-bond acceptors (Lipinski definition) is 4. The van der Waals surface area contributed by atoms with Crippen molar-refractivity contribution in [2.75, 3.05) is 23.6 Å². The Morgan fingerprint density at radius 3 is 1.26 bits per heavy atom. The second kappa shape index (κ2) is 24.6. The monoisotopic (exact) mass is 600 g/mol. The van der Waals surface area contributed by atoms with Gasteiger partial charge in [0.05, 0.1) is 13.2 Å². The average Bonchev–Trinajstić information content (AvgIpc) is 3.00. The Morgan fingerprint density at radius 1 is 0.476 bits per heavy atom. The zero-order valence-electron chi connectivity index (χ0n) is 26.9. The second-order valence-corrected chi connectivity index (χ2v) is 13.4. The molecule has 0 aliphatic carbocycles. The van der Waals surface area contributed by atoms with Crippen LogP contribution in [0.25, 0.3) is 0 Å². The van der Waals surface area contributed by atoms with Gasteiger partial charge in [-0.1, -0.05) is 148 Å². The molecule has 0 atom stereocenters. The summed E-state index contributed by atoms with van der Waals surface area (Å²) in [6.07, 6.45) is 25.2. The highest BCUT2D eigenvalue weighted by molar-refractivity contribution is 7.55. The molecule has 0 saturated carbocycles. The largest absolute Gasteiger partial charge is 0.432 e. The maximum absolute atomic E-state index is 13.7. The van der Waals surface area contributed by atoms with Crippen molar-refractivity contribution in [3.8, 4) is 0 Å². The fourth-order valence-electron chi connectivity index (χ4n) is 5.12. The zero-order chi connectivity index (χ0) is 30.0. The highest BCUT2D eigenvalue weighted by atomic mass is 31.2. The molecule has 6 heteroatoms. The molecule has 0 fully saturated rings. The van der Waals surface area contributed by atoms with Gasteiger partial charge in [0, 0.05) is 17.1 Å². The summed E-state index contributed by atoms with van der Waals surface area (Å²) >= 11 is 0. The molecule has 0 radical (unpaired) electrons. The highest BCUT2D eigenvalue weighted by Gasteiger charge is 2.24. The molecule has 0 aliphatic rings. The molecular weight excluding hydrogens is 539 g/mol. The molecule has 2 aromatic rings. The van der Waals surface area contributed by atoms with E-state index in [4.69, 9.17) is 9.05 Å². The molecular formula is C36H61N2O3P. The lowest BCUT2D eigenvalue weighted by molar-refractivity contribution is 0.201. The fourth-order valence-corrected chi connectivity index (χ4v) is 6.53. The lowest BCUT2D eigenvalue weighted by atomic mass is 10.1. The third-order valence-corrected chi connectivity index (χ3v) is 9.31. The second-order valence-electron chi connectivity index (χ2n) is 11.7. The van der Waals surface area contributed by atoms with E-state index >= 15 is 0 Å². The topological polar surface area (TPSA) is 59.6 Å². The van der Waals surface area contributed by atoms with Gasteiger partial charge in [0.1, 0.15) is 0 Å². The first-order valence-corrected chi connectivity index (χ1v) is 18.8. The molecule has 0 saturated heterocycles. The van der Waals surface area contributed by atoms with Gasteiger partial charge in [-0.25, -0.2) is 4.57 Å². The summed E-state index contributed by atoms with van der Waals surface area (Å²) in [6.45, 7) is 5.43. The van der Waals surface area contributed by atoms with Gasteiger partial charge >= 0.3 is 7.75 Å². The van der Waals surface area contributed by atoms with Gasteiger partial charge in [-0.05, 0) is 49.2 Å². The van der Waals surface area contributed by atoms with Crippen molar-refractivity contribution in [2.45, 2.75) is 142 Å². The van der Waals surface area contributed by atoms with Crippen LogP contribution in [0.4, 0.5) is 17.1 Å². The Labute approximate surface area is 258 Å². The average molecular weight is 601 g/mol. The minimum absolute atomic E-state index is 0.451. The summed E-state index contributed by atoms with van der Waals surface area (Å²) in [5.74, 6) is 0. The molecule has 2 rings (SSSR count). The van der Waals surface area contributed by atoms with Crippen LogP contribution in [-0.4, -0.2) is 13.2 Å². The minimum Gasteiger partial charge on any atom is -0.356 e. The number of para-hydroxylation sites is 1. The van der Waals surface area contributed by atoms with Crippen molar-refractivity contribution in [3.05, 3.63) is 54.6 Å². The molecule has 0 amide bonds. The van der Waals surface area contributed by atoms with Crippen molar-refractivity contribution in [2.24, 2.45) is 0 Å². The van der Waals surface area contributed by atoms with Gasteiger partial charge < -0.3 is 5.32 Å². The molecule has 5 nitrogen and oxygen atoms in total. The third kappa shape index (κ3) is 18.7. The summed E-state index contributed by atoms with van der Waals surface area (Å²) in [5.41, 5.74) is 2.74. The quantitative estimate of drug-likeness (QED) is 0.0751. The first-order chi connectivity index (χ1) is 20.6. The number of rotatable bonds is 28. The Hall–Kier alpha value is -1.81. The molecule has 42 heavy (non-hydrogen) atoms. The molecule has 0 aliphatic heterocycles. The highest BCUT2D eigenvalue weighted by Crippen LogP contribution is 2.48. The Morgan fingerprint density at radius 2 is 0.833 bits per heavy atom. The lowest BCUT2D eigenvalue weighted by Crippen LogP contribution is -2.07. The summed E-state index contributed by atoms with van der Waals surface area (Å²) < 4.78 is 25.6. The number of anilines is 3. The fraction of sp³-hybridized carbons (Fsp3) is 0.667. The number of nitrogens with one attached hydrogen (secondary N) is 2. The third-order valence-electron chi connectivity index (χ3n) is 7.73. The summed E-state index contributed by atoms with van der Waals surface area (Å²) in [6, 6.07) is 17.9. The zero-order valence-corrected chi connectivity index (χ0v) is 27.8. The predicted molar refractivity (Wildman–Crippen MR) is 183 cm³/mol. The van der Waals surface area contributed by atoms with Crippen molar-refractivity contribution in [3.63, 3.8) is 0 Å². The lowest BCUT2D eigenvalue weighted by Gasteiger charge is -2.20. The van der Waals surface area contributed by atoms with Crippen molar-refractivity contribution >= 4 is 24.8 Å². The maximum atomic E-state index is 13.7. The first-order valence-electron chi connectivity index (χ1n) is 17.2. The van der Waals surface area contributed by atoms with Crippen molar-refractivity contribution in [1.29, 1.82) is 0 Å². The van der Waals surface area contributed by atoms with Crippen LogP contribution in [0, 0.1) is 0 Å². The van der Waals surface area contributed by atoms with E-state index in [0.29, 0.717) is 13.2 Å². The van der Waals surface area contributed by atoms with E-state index in [0.717, 1.165) is 42.7 Å². The number of unbranched alkanes of at least 4 members (excludes halogenated alkanes) is 18. The summed E-state index contributed by atoms with van der Waals surface area (Å²) in [5, 5.41) is 6.49.